The van der Waals surface area contributed by atoms with Crippen molar-refractivity contribution in [3.05, 3.63) is 35.4 Å². The third kappa shape index (κ3) is 9.76. The van der Waals surface area contributed by atoms with Crippen LogP contribution >= 0.6 is 24.0 Å². The summed E-state index contributed by atoms with van der Waals surface area (Å²) < 4.78 is 5.47. The summed E-state index contributed by atoms with van der Waals surface area (Å²) in [5, 5.41) is 6.81. The lowest BCUT2D eigenvalue weighted by Crippen LogP contribution is -2.43. The maximum absolute atomic E-state index is 11.5. The molecule has 4 N–H and O–H groups in total. The molecule has 1 aromatic carbocycles. The van der Waals surface area contributed by atoms with Gasteiger partial charge in [-0.3, -0.25) is 9.69 Å². The van der Waals surface area contributed by atoms with Crippen LogP contribution in [0.5, 0.6) is 0 Å². The number of likely N-dealkylation sites (tertiary alicyclic amines) is 1. The molecule has 0 aliphatic carbocycles. The Morgan fingerprint density at radius 2 is 1.91 bits per heavy atom. The highest BCUT2D eigenvalue weighted by Crippen LogP contribution is 2.16. The van der Waals surface area contributed by atoms with E-state index < -0.39 is 0 Å². The molecule has 1 unspecified atom stereocenters. The van der Waals surface area contributed by atoms with Crippen molar-refractivity contribution < 1.29 is 9.53 Å². The van der Waals surface area contributed by atoms with Crippen molar-refractivity contribution in [3.8, 4) is 0 Å². The molecule has 0 radical (unpaired) electrons. The number of nitrogens with one attached hydrogen (secondary N) is 2. The molecule has 8 nitrogen and oxygen atoms in total. The highest BCUT2D eigenvalue weighted by Gasteiger charge is 2.23. The normalized spacial score (nSPS) is 20.2. The van der Waals surface area contributed by atoms with Gasteiger partial charge in [0.05, 0.1) is 25.7 Å². The molecule has 2 heterocycles. The van der Waals surface area contributed by atoms with Crippen LogP contribution in [0, 0.1) is 5.92 Å². The van der Waals surface area contributed by atoms with Crippen molar-refractivity contribution in [3.63, 3.8) is 0 Å². The lowest BCUT2D eigenvalue weighted by atomic mass is 9.97. The van der Waals surface area contributed by atoms with Gasteiger partial charge >= 0.3 is 0 Å². The van der Waals surface area contributed by atoms with E-state index in [1.807, 2.05) is 0 Å². The third-order valence-electron chi connectivity index (χ3n) is 6.22. The van der Waals surface area contributed by atoms with Crippen LogP contribution in [0.1, 0.15) is 37.3 Å². The lowest BCUT2D eigenvalue weighted by Gasteiger charge is -2.31. The van der Waals surface area contributed by atoms with Crippen molar-refractivity contribution >= 4 is 35.8 Å². The van der Waals surface area contributed by atoms with Gasteiger partial charge in [0.1, 0.15) is 0 Å². The molecule has 2 aliphatic heterocycles. The second-order valence-electron chi connectivity index (χ2n) is 8.67. The number of aliphatic imine (C=N–C) groups is 1. The van der Waals surface area contributed by atoms with Crippen molar-refractivity contribution in [2.75, 3.05) is 59.0 Å². The molecule has 33 heavy (non-hydrogen) atoms. The molecule has 1 atom stereocenters. The summed E-state index contributed by atoms with van der Waals surface area (Å²) in [7, 11) is 0. The minimum atomic E-state index is -0.164. The number of hydrogen-bond acceptors (Lipinski definition) is 5. The summed E-state index contributed by atoms with van der Waals surface area (Å²) in [6, 6.07) is 8.58. The van der Waals surface area contributed by atoms with Gasteiger partial charge in [-0.1, -0.05) is 24.3 Å². The van der Waals surface area contributed by atoms with Gasteiger partial charge in [-0.15, -0.1) is 24.0 Å². The van der Waals surface area contributed by atoms with Crippen molar-refractivity contribution in [2.24, 2.45) is 16.6 Å². The van der Waals surface area contributed by atoms with Gasteiger partial charge in [0.25, 0.3) is 0 Å². The van der Waals surface area contributed by atoms with Crippen LogP contribution in [-0.2, 0) is 22.6 Å². The van der Waals surface area contributed by atoms with Crippen LogP contribution in [0.2, 0.25) is 0 Å². The van der Waals surface area contributed by atoms with E-state index in [0.29, 0.717) is 6.54 Å². The average molecular weight is 573 g/mol. The Morgan fingerprint density at radius 3 is 2.64 bits per heavy atom. The number of nitrogens with two attached hydrogens (primary N) is 1. The minimum Gasteiger partial charge on any atom is -0.379 e. The van der Waals surface area contributed by atoms with Crippen molar-refractivity contribution in [1.29, 1.82) is 0 Å². The molecule has 2 saturated heterocycles. The Hall–Kier alpha value is -1.43. The number of hydrogen-bond donors (Lipinski definition) is 3. The number of morpholine rings is 1. The Kier molecular flexibility index (Phi) is 13.0. The largest absolute Gasteiger partial charge is 0.379 e. The summed E-state index contributed by atoms with van der Waals surface area (Å²) in [5.74, 6) is 0.693. The Morgan fingerprint density at radius 1 is 1.15 bits per heavy atom. The summed E-state index contributed by atoms with van der Waals surface area (Å²) in [6.45, 7) is 11.8. The first kappa shape index (κ1) is 27.8. The number of carbonyl (C=O) groups is 1. The van der Waals surface area contributed by atoms with Crippen LogP contribution in [0.4, 0.5) is 0 Å². The SMILES string of the molecule is CCNC(=NCc1ccccc1CN1CCOCC1)NCCCN1CCCC(C(N)=O)C1.I. The lowest BCUT2D eigenvalue weighted by molar-refractivity contribution is -0.123. The van der Waals surface area contributed by atoms with E-state index in [0.717, 1.165) is 90.8 Å². The summed E-state index contributed by atoms with van der Waals surface area (Å²) in [6.07, 6.45) is 2.98. The Labute approximate surface area is 215 Å². The van der Waals surface area contributed by atoms with E-state index in [1.54, 1.807) is 0 Å². The molecular weight excluding hydrogens is 531 g/mol. The molecule has 0 bridgehead atoms. The minimum absolute atomic E-state index is 0. The molecule has 2 aliphatic rings. The first-order chi connectivity index (χ1) is 15.7. The molecular formula is C24H41IN6O2. The van der Waals surface area contributed by atoms with Gasteiger partial charge in [-0.2, -0.15) is 0 Å². The first-order valence-electron chi connectivity index (χ1n) is 12.1. The molecule has 1 aromatic rings. The smallest absolute Gasteiger partial charge is 0.221 e. The number of benzene rings is 1. The van der Waals surface area contributed by atoms with Gasteiger partial charge in [-0.25, -0.2) is 4.99 Å². The maximum atomic E-state index is 11.5. The quantitative estimate of drug-likeness (QED) is 0.171. The zero-order chi connectivity index (χ0) is 22.6. The van der Waals surface area contributed by atoms with Crippen LogP contribution < -0.4 is 16.4 Å². The molecule has 0 aromatic heterocycles. The zero-order valence-electron chi connectivity index (χ0n) is 19.9. The number of ether oxygens (including phenoxy) is 1. The van der Waals surface area contributed by atoms with E-state index in [2.05, 4.69) is 51.6 Å². The van der Waals surface area contributed by atoms with Crippen molar-refractivity contribution in [1.82, 2.24) is 20.4 Å². The predicted octanol–water partition coefficient (Wildman–Crippen LogP) is 1.78. The standard InChI is InChI=1S/C24H40N6O2.HI/c1-2-26-24(27-10-6-12-29-11-5-9-22(19-29)23(25)31)28-17-20-7-3-4-8-21(20)18-30-13-15-32-16-14-30;/h3-4,7-8,22H,2,5-6,9-19H2,1H3,(H2,25,31)(H2,26,27,28);1H. The maximum Gasteiger partial charge on any atom is 0.221 e. The monoisotopic (exact) mass is 572 g/mol. The molecule has 0 saturated carbocycles. The number of primary amides is 1. The van der Waals surface area contributed by atoms with Gasteiger partial charge in [0, 0.05) is 39.3 Å². The van der Waals surface area contributed by atoms with Gasteiger partial charge in [-0.05, 0) is 50.4 Å². The third-order valence-corrected chi connectivity index (χ3v) is 6.22. The fourth-order valence-electron chi connectivity index (χ4n) is 4.37. The second-order valence-corrected chi connectivity index (χ2v) is 8.67. The van der Waals surface area contributed by atoms with Gasteiger partial charge in [0.2, 0.25) is 5.91 Å². The summed E-state index contributed by atoms with van der Waals surface area (Å²) in [5.41, 5.74) is 8.09. The average Bonchev–Trinajstić information content (AvgIpc) is 2.82. The van der Waals surface area contributed by atoms with E-state index >= 15 is 0 Å². The Bertz CT molecular complexity index is 741. The zero-order valence-corrected chi connectivity index (χ0v) is 22.3. The first-order valence-corrected chi connectivity index (χ1v) is 12.1. The van der Waals surface area contributed by atoms with Crippen LogP contribution in [0.3, 0.4) is 0 Å². The van der Waals surface area contributed by atoms with Crippen molar-refractivity contribution in [2.45, 2.75) is 39.3 Å². The molecule has 186 valence electrons. The molecule has 0 spiro atoms. The molecule has 2 fully saturated rings. The highest BCUT2D eigenvalue weighted by molar-refractivity contribution is 14.0. The van der Waals surface area contributed by atoms with Crippen LogP contribution in [0.15, 0.2) is 29.3 Å². The summed E-state index contributed by atoms with van der Waals surface area (Å²) in [4.78, 5) is 21.1. The number of halogens is 1. The van der Waals surface area contributed by atoms with Crippen LogP contribution in [-0.4, -0.2) is 80.7 Å². The fraction of sp³-hybridized carbons (Fsp3) is 0.667. The number of piperidine rings is 1. The number of nitrogens with zero attached hydrogens (tertiary/aromatic N) is 3. The molecule has 9 heteroatoms. The fourth-order valence-corrected chi connectivity index (χ4v) is 4.37. The van der Waals surface area contributed by atoms with E-state index in [9.17, 15) is 4.79 Å². The summed E-state index contributed by atoms with van der Waals surface area (Å²) >= 11 is 0. The topological polar surface area (TPSA) is 95.2 Å². The highest BCUT2D eigenvalue weighted by atomic mass is 127. The number of guanidine groups is 1. The van der Waals surface area contributed by atoms with E-state index in [-0.39, 0.29) is 35.8 Å². The van der Waals surface area contributed by atoms with Gasteiger partial charge in [0.15, 0.2) is 5.96 Å². The molecule has 3 rings (SSSR count). The number of rotatable bonds is 10. The van der Waals surface area contributed by atoms with Crippen LogP contribution in [0.25, 0.3) is 0 Å². The second kappa shape index (κ2) is 15.5. The Balaban J connectivity index is 0.00000385. The van der Waals surface area contributed by atoms with Gasteiger partial charge < -0.3 is 26.0 Å². The molecule has 1 amide bonds. The number of carbonyl (C=O) groups excluding carboxylic acids is 1. The predicted molar refractivity (Wildman–Crippen MR) is 144 cm³/mol. The van der Waals surface area contributed by atoms with E-state index in [4.69, 9.17) is 15.5 Å². The van der Waals surface area contributed by atoms with E-state index in [1.165, 1.54) is 11.1 Å². The number of amides is 1.